The zero-order chi connectivity index (χ0) is 13.5. The molecule has 0 N–H and O–H groups in total. The van der Waals surface area contributed by atoms with Gasteiger partial charge in [0.25, 0.3) is 0 Å². The molecule has 0 unspecified atom stereocenters. The number of methoxy groups -OCH3 is 1. The smallest absolute Gasteiger partial charge is 0.309 e. The Morgan fingerprint density at radius 3 is 2.89 bits per heavy atom. The molecule has 0 aliphatic rings. The normalized spacial score (nSPS) is 11.7. The van der Waals surface area contributed by atoms with E-state index in [4.69, 9.17) is 5.26 Å². The first-order valence-electron chi connectivity index (χ1n) is 5.42. The van der Waals surface area contributed by atoms with E-state index < -0.39 is 0 Å². The molecule has 0 aromatic heterocycles. The Hall–Kier alpha value is -1.54. The lowest BCUT2D eigenvalue weighted by atomic mass is 10.1. The van der Waals surface area contributed by atoms with Gasteiger partial charge in [0.15, 0.2) is 0 Å². The molecule has 1 atom stereocenters. The highest BCUT2D eigenvalue weighted by atomic mass is 32.2. The molecule has 1 rings (SSSR count). The Labute approximate surface area is 110 Å². The van der Waals surface area contributed by atoms with E-state index in [0.29, 0.717) is 22.6 Å². The van der Waals surface area contributed by atoms with E-state index in [9.17, 15) is 9.18 Å². The fourth-order valence-electron chi connectivity index (χ4n) is 1.35. The molecule has 0 radical (unpaired) electrons. The summed E-state index contributed by atoms with van der Waals surface area (Å²) in [6, 6.07) is 6.29. The Balaban J connectivity index is 2.50. The monoisotopic (exact) mass is 267 g/mol. The van der Waals surface area contributed by atoms with Gasteiger partial charge in [-0.2, -0.15) is 17.0 Å². The number of hydrogen-bond donors (Lipinski definition) is 0. The summed E-state index contributed by atoms with van der Waals surface area (Å²) in [4.78, 5) is 11.2. The van der Waals surface area contributed by atoms with E-state index in [1.165, 1.54) is 24.9 Å². The Kier molecular flexibility index (Phi) is 5.66. The van der Waals surface area contributed by atoms with Crippen LogP contribution in [0.15, 0.2) is 18.2 Å². The lowest BCUT2D eigenvalue weighted by molar-refractivity contribution is -0.143. The molecular weight excluding hydrogens is 253 g/mol. The van der Waals surface area contributed by atoms with Gasteiger partial charge in [-0.05, 0) is 17.7 Å². The second-order valence-corrected chi connectivity index (χ2v) is 4.89. The average Bonchev–Trinajstić information content (AvgIpc) is 2.39. The van der Waals surface area contributed by atoms with Crippen molar-refractivity contribution in [1.29, 1.82) is 5.26 Å². The van der Waals surface area contributed by atoms with E-state index in [0.717, 1.165) is 0 Å². The second-order valence-electron chi connectivity index (χ2n) is 3.86. The summed E-state index contributed by atoms with van der Waals surface area (Å²) in [7, 11) is 1.35. The Bertz CT molecular complexity index is 471. The topological polar surface area (TPSA) is 50.1 Å². The molecule has 96 valence electrons. The van der Waals surface area contributed by atoms with Gasteiger partial charge >= 0.3 is 5.97 Å². The van der Waals surface area contributed by atoms with Crippen molar-refractivity contribution in [2.45, 2.75) is 12.7 Å². The molecule has 0 heterocycles. The van der Waals surface area contributed by atoms with Gasteiger partial charge in [0.2, 0.25) is 0 Å². The van der Waals surface area contributed by atoms with Crippen molar-refractivity contribution in [3.8, 4) is 6.07 Å². The van der Waals surface area contributed by atoms with Gasteiger partial charge in [0, 0.05) is 11.5 Å². The number of rotatable bonds is 5. The van der Waals surface area contributed by atoms with Crippen LogP contribution in [0.3, 0.4) is 0 Å². The van der Waals surface area contributed by atoms with Gasteiger partial charge in [-0.25, -0.2) is 4.39 Å². The number of carbonyl (C=O) groups is 1. The molecule has 0 fully saturated rings. The summed E-state index contributed by atoms with van der Waals surface area (Å²) in [5.41, 5.74) is 0.847. The van der Waals surface area contributed by atoms with Crippen LogP contribution in [0.2, 0.25) is 0 Å². The Morgan fingerprint density at radius 2 is 2.33 bits per heavy atom. The first-order chi connectivity index (χ1) is 8.58. The highest BCUT2D eigenvalue weighted by Crippen LogP contribution is 2.19. The minimum Gasteiger partial charge on any atom is -0.469 e. The minimum atomic E-state index is -0.382. The van der Waals surface area contributed by atoms with Crippen molar-refractivity contribution in [3.63, 3.8) is 0 Å². The van der Waals surface area contributed by atoms with Gasteiger partial charge in [-0.1, -0.05) is 13.0 Å². The number of carbonyl (C=O) groups excluding carboxylic acids is 1. The van der Waals surface area contributed by atoms with Crippen molar-refractivity contribution < 1.29 is 13.9 Å². The summed E-state index contributed by atoms with van der Waals surface area (Å²) < 4.78 is 18.1. The third-order valence-electron chi connectivity index (χ3n) is 2.41. The first-order valence-corrected chi connectivity index (χ1v) is 6.58. The zero-order valence-corrected chi connectivity index (χ0v) is 11.1. The third-order valence-corrected chi connectivity index (χ3v) is 3.66. The number of nitriles is 1. The minimum absolute atomic E-state index is 0.207. The van der Waals surface area contributed by atoms with Crippen LogP contribution in [-0.4, -0.2) is 18.8 Å². The second kappa shape index (κ2) is 7.02. The number of ether oxygens (including phenoxy) is 1. The van der Waals surface area contributed by atoms with Crippen molar-refractivity contribution in [3.05, 3.63) is 35.1 Å². The molecule has 1 aromatic rings. The van der Waals surface area contributed by atoms with Gasteiger partial charge in [0.1, 0.15) is 5.82 Å². The molecule has 18 heavy (non-hydrogen) atoms. The number of halogens is 1. The molecule has 0 bridgehead atoms. The largest absolute Gasteiger partial charge is 0.469 e. The van der Waals surface area contributed by atoms with Crippen molar-refractivity contribution in [1.82, 2.24) is 0 Å². The number of thioether (sulfide) groups is 1. The van der Waals surface area contributed by atoms with Crippen LogP contribution in [0.25, 0.3) is 0 Å². The van der Waals surface area contributed by atoms with Crippen LogP contribution < -0.4 is 0 Å². The van der Waals surface area contributed by atoms with E-state index in [1.807, 2.05) is 6.07 Å². The molecule has 0 spiro atoms. The van der Waals surface area contributed by atoms with E-state index >= 15 is 0 Å². The zero-order valence-electron chi connectivity index (χ0n) is 10.3. The molecular formula is C13H14FNO2S. The fraction of sp³-hybridized carbons (Fsp3) is 0.385. The van der Waals surface area contributed by atoms with Crippen LogP contribution in [0.4, 0.5) is 4.39 Å². The molecule has 5 heteroatoms. The highest BCUT2D eigenvalue weighted by molar-refractivity contribution is 7.98. The maximum atomic E-state index is 13.5. The van der Waals surface area contributed by atoms with E-state index in [2.05, 4.69) is 4.74 Å². The fourth-order valence-corrected chi connectivity index (χ4v) is 2.41. The Morgan fingerprint density at radius 1 is 1.61 bits per heavy atom. The van der Waals surface area contributed by atoms with Crippen LogP contribution in [0.5, 0.6) is 0 Å². The maximum Gasteiger partial charge on any atom is 0.309 e. The summed E-state index contributed by atoms with van der Waals surface area (Å²) in [5, 5.41) is 8.62. The molecule has 3 nitrogen and oxygen atoms in total. The van der Waals surface area contributed by atoms with Gasteiger partial charge in [-0.3, -0.25) is 4.79 Å². The van der Waals surface area contributed by atoms with Crippen molar-refractivity contribution in [2.75, 3.05) is 12.9 Å². The number of benzene rings is 1. The van der Waals surface area contributed by atoms with Crippen LogP contribution in [0.1, 0.15) is 18.1 Å². The summed E-state index contributed by atoms with van der Waals surface area (Å²) in [5.74, 6) is 0.196. The summed E-state index contributed by atoms with van der Waals surface area (Å²) in [6.07, 6.45) is 0. The number of nitrogens with zero attached hydrogens (tertiary/aromatic N) is 1. The molecule has 0 aliphatic carbocycles. The quantitative estimate of drug-likeness (QED) is 0.770. The maximum absolute atomic E-state index is 13.5. The average molecular weight is 267 g/mol. The SMILES string of the molecule is COC(=O)[C@H](C)CSCc1ccc(C#N)cc1F. The van der Waals surface area contributed by atoms with E-state index in [-0.39, 0.29) is 17.7 Å². The first kappa shape index (κ1) is 14.5. The van der Waals surface area contributed by atoms with Crippen molar-refractivity contribution >= 4 is 17.7 Å². The van der Waals surface area contributed by atoms with Gasteiger partial charge < -0.3 is 4.74 Å². The molecule has 0 amide bonds. The third kappa shape index (κ3) is 4.04. The van der Waals surface area contributed by atoms with E-state index in [1.54, 1.807) is 19.1 Å². The lowest BCUT2D eigenvalue weighted by Crippen LogP contribution is -2.14. The van der Waals surface area contributed by atoms with Crippen LogP contribution in [-0.2, 0) is 15.3 Å². The predicted molar refractivity (Wildman–Crippen MR) is 68.5 cm³/mol. The highest BCUT2D eigenvalue weighted by Gasteiger charge is 2.13. The van der Waals surface area contributed by atoms with Crippen molar-refractivity contribution in [2.24, 2.45) is 5.92 Å². The van der Waals surface area contributed by atoms with Gasteiger partial charge in [-0.15, -0.1) is 0 Å². The predicted octanol–water partition coefficient (Wildman–Crippen LogP) is 2.74. The lowest BCUT2D eigenvalue weighted by Gasteiger charge is -2.08. The van der Waals surface area contributed by atoms with Gasteiger partial charge in [0.05, 0.1) is 24.7 Å². The summed E-state index contributed by atoms with van der Waals surface area (Å²) >= 11 is 1.46. The van der Waals surface area contributed by atoms with Crippen LogP contribution in [0, 0.1) is 23.1 Å². The number of esters is 1. The molecule has 0 saturated carbocycles. The molecule has 0 aliphatic heterocycles. The number of hydrogen-bond acceptors (Lipinski definition) is 4. The summed E-state index contributed by atoms with van der Waals surface area (Å²) in [6.45, 7) is 1.77. The molecule has 0 saturated heterocycles. The standard InChI is InChI=1S/C13H14FNO2S/c1-9(13(16)17-2)7-18-8-11-4-3-10(6-15)5-12(11)14/h3-5,9H,7-8H2,1-2H3/t9-/m1/s1. The molecule has 1 aromatic carbocycles. The van der Waals surface area contributed by atoms with Crippen LogP contribution >= 0.6 is 11.8 Å².